The molecule has 0 radical (unpaired) electrons. The van der Waals surface area contributed by atoms with Crippen LogP contribution in [0.5, 0.6) is 11.5 Å². The number of hydrogen-bond donors (Lipinski definition) is 1. The van der Waals surface area contributed by atoms with E-state index in [9.17, 15) is 0 Å². The lowest BCUT2D eigenvalue weighted by Gasteiger charge is -2.09. The highest BCUT2D eigenvalue weighted by Crippen LogP contribution is 2.28. The number of halogens is 1. The molecule has 2 rings (SSSR count). The zero-order valence-corrected chi connectivity index (χ0v) is 13.3. The van der Waals surface area contributed by atoms with Crippen LogP contribution in [0.15, 0.2) is 18.2 Å². The van der Waals surface area contributed by atoms with Crippen molar-refractivity contribution in [1.82, 2.24) is 20.2 Å². The Morgan fingerprint density at radius 2 is 2.05 bits per heavy atom. The first kappa shape index (κ1) is 16.4. The van der Waals surface area contributed by atoms with Gasteiger partial charge in [-0.25, -0.2) is 4.68 Å². The standard InChI is InChI=1S/C14H20ClN5O2/c1-21-11-6-7-13(12(15)10-11)22-9-5-3-2-4-8-20-14(16)17-18-19-20/h6-7,10H,2-5,8-9H2,1H3,(H2,16,17,19). The van der Waals surface area contributed by atoms with Crippen LogP contribution < -0.4 is 15.2 Å². The Morgan fingerprint density at radius 3 is 2.73 bits per heavy atom. The van der Waals surface area contributed by atoms with E-state index in [0.717, 1.165) is 38.0 Å². The highest BCUT2D eigenvalue weighted by atomic mass is 35.5. The van der Waals surface area contributed by atoms with Gasteiger partial charge in [0, 0.05) is 12.6 Å². The molecule has 2 aromatic rings. The number of hydrogen-bond acceptors (Lipinski definition) is 6. The Morgan fingerprint density at radius 1 is 1.23 bits per heavy atom. The normalized spacial score (nSPS) is 10.6. The number of aryl methyl sites for hydroxylation is 1. The minimum absolute atomic E-state index is 0.359. The number of methoxy groups -OCH3 is 1. The summed E-state index contributed by atoms with van der Waals surface area (Å²) in [6, 6.07) is 5.40. The molecule has 0 atom stereocenters. The van der Waals surface area contributed by atoms with E-state index in [1.54, 1.807) is 17.9 Å². The summed E-state index contributed by atoms with van der Waals surface area (Å²) in [5, 5.41) is 11.5. The Balaban J connectivity index is 1.58. The van der Waals surface area contributed by atoms with Gasteiger partial charge in [-0.15, -0.1) is 0 Å². The van der Waals surface area contributed by atoms with Crippen molar-refractivity contribution in [3.05, 3.63) is 23.2 Å². The number of nitrogens with zero attached hydrogens (tertiary/aromatic N) is 4. The van der Waals surface area contributed by atoms with Gasteiger partial charge in [-0.2, -0.15) is 0 Å². The summed E-state index contributed by atoms with van der Waals surface area (Å²) in [5.41, 5.74) is 5.59. The molecule has 0 spiro atoms. The quantitative estimate of drug-likeness (QED) is 0.713. The third-order valence-electron chi connectivity index (χ3n) is 3.22. The Kier molecular flexibility index (Phi) is 6.27. The molecule has 0 aliphatic heterocycles. The van der Waals surface area contributed by atoms with Gasteiger partial charge in [0.15, 0.2) is 0 Å². The van der Waals surface area contributed by atoms with Crippen LogP contribution in [0, 0.1) is 0 Å². The predicted molar refractivity (Wildman–Crippen MR) is 84.2 cm³/mol. The summed E-state index contributed by atoms with van der Waals surface area (Å²) in [6.45, 7) is 1.38. The van der Waals surface area contributed by atoms with Crippen LogP contribution in [-0.4, -0.2) is 33.9 Å². The molecule has 1 aromatic carbocycles. The molecule has 1 aromatic heterocycles. The largest absolute Gasteiger partial charge is 0.497 e. The van der Waals surface area contributed by atoms with Crippen LogP contribution in [0.1, 0.15) is 25.7 Å². The van der Waals surface area contributed by atoms with Gasteiger partial charge >= 0.3 is 0 Å². The molecule has 1 heterocycles. The maximum Gasteiger partial charge on any atom is 0.240 e. The SMILES string of the molecule is COc1ccc(OCCCCCCn2nnnc2N)c(Cl)c1. The van der Waals surface area contributed by atoms with Gasteiger partial charge in [0.25, 0.3) is 0 Å². The molecule has 0 fully saturated rings. The first-order valence-electron chi connectivity index (χ1n) is 7.18. The molecule has 0 aliphatic rings. The van der Waals surface area contributed by atoms with E-state index in [0.29, 0.717) is 23.3 Å². The van der Waals surface area contributed by atoms with Crippen LogP contribution in [0.25, 0.3) is 0 Å². The van der Waals surface area contributed by atoms with Crippen LogP contribution >= 0.6 is 11.6 Å². The fourth-order valence-corrected chi connectivity index (χ4v) is 2.22. The lowest BCUT2D eigenvalue weighted by atomic mass is 10.2. The van der Waals surface area contributed by atoms with Crippen molar-refractivity contribution < 1.29 is 9.47 Å². The maximum absolute atomic E-state index is 6.10. The van der Waals surface area contributed by atoms with Crippen molar-refractivity contribution in [2.75, 3.05) is 19.5 Å². The van der Waals surface area contributed by atoms with Crippen molar-refractivity contribution in [2.24, 2.45) is 0 Å². The zero-order chi connectivity index (χ0) is 15.8. The van der Waals surface area contributed by atoms with Crippen molar-refractivity contribution in [1.29, 1.82) is 0 Å². The van der Waals surface area contributed by atoms with Crippen molar-refractivity contribution in [2.45, 2.75) is 32.2 Å². The Bertz CT molecular complexity index is 590. The number of ether oxygens (including phenoxy) is 2. The monoisotopic (exact) mass is 325 g/mol. The van der Waals surface area contributed by atoms with Crippen molar-refractivity contribution in [3.8, 4) is 11.5 Å². The van der Waals surface area contributed by atoms with Crippen LogP contribution in [0.4, 0.5) is 5.95 Å². The number of rotatable bonds is 9. The average Bonchev–Trinajstić information content (AvgIpc) is 2.93. The van der Waals surface area contributed by atoms with E-state index in [-0.39, 0.29) is 0 Å². The fraction of sp³-hybridized carbons (Fsp3) is 0.500. The second-order valence-corrected chi connectivity index (χ2v) is 5.23. The van der Waals surface area contributed by atoms with E-state index >= 15 is 0 Å². The van der Waals surface area contributed by atoms with Crippen LogP contribution in [-0.2, 0) is 6.54 Å². The first-order valence-corrected chi connectivity index (χ1v) is 7.56. The lowest BCUT2D eigenvalue weighted by molar-refractivity contribution is 0.303. The van der Waals surface area contributed by atoms with Gasteiger partial charge in [0.1, 0.15) is 11.5 Å². The highest BCUT2D eigenvalue weighted by molar-refractivity contribution is 6.32. The average molecular weight is 326 g/mol. The van der Waals surface area contributed by atoms with Crippen LogP contribution in [0.3, 0.4) is 0 Å². The molecule has 0 unspecified atom stereocenters. The number of unbranched alkanes of at least 4 members (excludes halogenated alkanes) is 3. The minimum atomic E-state index is 0.359. The summed E-state index contributed by atoms with van der Waals surface area (Å²) in [5.74, 6) is 1.76. The van der Waals surface area contributed by atoms with E-state index in [1.165, 1.54) is 0 Å². The minimum Gasteiger partial charge on any atom is -0.497 e. The third kappa shape index (κ3) is 4.77. The molecular formula is C14H20ClN5O2. The molecular weight excluding hydrogens is 306 g/mol. The van der Waals surface area contributed by atoms with Gasteiger partial charge in [0.05, 0.1) is 18.7 Å². The van der Waals surface area contributed by atoms with E-state index in [2.05, 4.69) is 15.5 Å². The molecule has 22 heavy (non-hydrogen) atoms. The smallest absolute Gasteiger partial charge is 0.240 e. The molecule has 0 saturated carbocycles. The number of anilines is 1. The number of tetrazole rings is 1. The van der Waals surface area contributed by atoms with Crippen molar-refractivity contribution in [3.63, 3.8) is 0 Å². The maximum atomic E-state index is 6.10. The molecule has 0 aliphatic carbocycles. The summed E-state index contributed by atoms with van der Waals surface area (Å²) in [4.78, 5) is 0. The predicted octanol–water partition coefficient (Wildman–Crippen LogP) is 2.56. The highest BCUT2D eigenvalue weighted by Gasteiger charge is 2.03. The topological polar surface area (TPSA) is 88.1 Å². The summed E-state index contributed by atoms with van der Waals surface area (Å²) in [6.07, 6.45) is 4.08. The molecule has 0 bridgehead atoms. The van der Waals surface area contributed by atoms with Gasteiger partial charge in [-0.1, -0.05) is 23.1 Å². The van der Waals surface area contributed by atoms with Crippen molar-refractivity contribution >= 4 is 17.5 Å². The first-order chi connectivity index (χ1) is 10.7. The molecule has 2 N–H and O–H groups in total. The Labute approximate surface area is 134 Å². The van der Waals surface area contributed by atoms with E-state index in [1.807, 2.05) is 12.1 Å². The van der Waals surface area contributed by atoms with E-state index < -0.39 is 0 Å². The fourth-order valence-electron chi connectivity index (χ4n) is 2.00. The summed E-state index contributed by atoms with van der Waals surface area (Å²) >= 11 is 6.10. The third-order valence-corrected chi connectivity index (χ3v) is 3.52. The number of benzene rings is 1. The molecule has 0 amide bonds. The summed E-state index contributed by atoms with van der Waals surface area (Å²) in [7, 11) is 1.61. The van der Waals surface area contributed by atoms with E-state index in [4.69, 9.17) is 26.8 Å². The van der Waals surface area contributed by atoms with Gasteiger partial charge in [-0.05, 0) is 41.8 Å². The second-order valence-electron chi connectivity index (χ2n) is 4.82. The molecule has 7 nitrogen and oxygen atoms in total. The lowest BCUT2D eigenvalue weighted by Crippen LogP contribution is -2.05. The van der Waals surface area contributed by atoms with Gasteiger partial charge in [-0.3, -0.25) is 0 Å². The Hall–Kier alpha value is -2.02. The molecule has 8 heteroatoms. The second kappa shape index (κ2) is 8.43. The zero-order valence-electron chi connectivity index (χ0n) is 12.5. The molecule has 0 saturated heterocycles. The summed E-state index contributed by atoms with van der Waals surface area (Å²) < 4.78 is 12.4. The number of nitrogens with two attached hydrogens (primary N) is 1. The number of nitrogen functional groups attached to an aromatic ring is 1. The number of aromatic nitrogens is 4. The van der Waals surface area contributed by atoms with Crippen LogP contribution in [0.2, 0.25) is 5.02 Å². The molecule has 120 valence electrons. The van der Waals surface area contributed by atoms with Gasteiger partial charge < -0.3 is 15.2 Å². The van der Waals surface area contributed by atoms with Gasteiger partial charge in [0.2, 0.25) is 5.95 Å².